The molecule has 2 aromatic rings. The minimum Gasteiger partial charge on any atom is -0.459 e. The molecule has 0 aliphatic heterocycles. The molecule has 130 valence electrons. The normalized spacial score (nSPS) is 13.5. The molecule has 0 radical (unpaired) electrons. The molecule has 0 aromatic carbocycles. The van der Waals surface area contributed by atoms with Gasteiger partial charge in [-0.05, 0) is 6.92 Å². The molecule has 0 spiro atoms. The summed E-state index contributed by atoms with van der Waals surface area (Å²) in [6.45, 7) is 4.67. The zero-order valence-corrected chi connectivity index (χ0v) is 14.3. The third-order valence-corrected chi connectivity index (χ3v) is 3.55. The van der Waals surface area contributed by atoms with Crippen molar-refractivity contribution in [2.45, 2.75) is 45.9 Å². The highest BCUT2D eigenvalue weighted by Crippen LogP contribution is 2.20. The van der Waals surface area contributed by atoms with Crippen molar-refractivity contribution in [2.24, 2.45) is 0 Å². The zero-order valence-electron chi connectivity index (χ0n) is 13.5. The fourth-order valence-corrected chi connectivity index (χ4v) is 2.52. The Morgan fingerprint density at radius 2 is 1.96 bits per heavy atom. The predicted octanol–water partition coefficient (Wildman–Crippen LogP) is 1.34. The highest BCUT2D eigenvalue weighted by Gasteiger charge is 2.23. The van der Waals surface area contributed by atoms with Gasteiger partial charge in [-0.2, -0.15) is 9.97 Å². The van der Waals surface area contributed by atoms with Crippen LogP contribution in [0.15, 0.2) is 6.33 Å². The summed E-state index contributed by atoms with van der Waals surface area (Å²) < 4.78 is 12.1. The van der Waals surface area contributed by atoms with Crippen molar-refractivity contribution in [1.29, 1.82) is 0 Å². The number of fused-ring (bicyclic) bond motifs is 1. The lowest BCUT2D eigenvalue weighted by molar-refractivity contribution is -0.164. The molecule has 24 heavy (non-hydrogen) atoms. The molecule has 2 rings (SSSR count). The molecule has 0 amide bonds. The number of halogens is 1. The maximum atomic E-state index is 11.3. The summed E-state index contributed by atoms with van der Waals surface area (Å²) in [5, 5.41) is 0.168. The summed E-state index contributed by atoms with van der Waals surface area (Å²) in [5.41, 5.74) is 6.52. The van der Waals surface area contributed by atoms with Crippen LogP contribution < -0.4 is 5.73 Å². The van der Waals surface area contributed by atoms with E-state index in [1.54, 1.807) is 17.8 Å². The van der Waals surface area contributed by atoms with Gasteiger partial charge in [0.25, 0.3) is 0 Å². The maximum absolute atomic E-state index is 11.3. The molecule has 2 unspecified atom stereocenters. The molecular formula is C14H18ClN5O4. The smallest absolute Gasteiger partial charge is 0.303 e. The van der Waals surface area contributed by atoms with Crippen molar-refractivity contribution < 1.29 is 19.1 Å². The summed E-state index contributed by atoms with van der Waals surface area (Å²) in [7, 11) is 0. The fraction of sp³-hybridized carbons (Fsp3) is 0.500. The first-order valence-corrected chi connectivity index (χ1v) is 7.64. The second-order valence-corrected chi connectivity index (χ2v) is 5.59. The third-order valence-electron chi connectivity index (χ3n) is 3.29. The predicted molar refractivity (Wildman–Crippen MR) is 86.1 cm³/mol. The van der Waals surface area contributed by atoms with E-state index >= 15 is 0 Å². The molecule has 0 fully saturated rings. The van der Waals surface area contributed by atoms with Crippen LogP contribution in [-0.4, -0.2) is 43.7 Å². The molecule has 0 aliphatic rings. The quantitative estimate of drug-likeness (QED) is 0.608. The van der Waals surface area contributed by atoms with Crippen LogP contribution in [0.5, 0.6) is 0 Å². The number of esters is 2. The molecule has 2 aromatic heterocycles. The Labute approximate surface area is 143 Å². The topological polar surface area (TPSA) is 122 Å². The van der Waals surface area contributed by atoms with Gasteiger partial charge < -0.3 is 19.8 Å². The summed E-state index contributed by atoms with van der Waals surface area (Å²) in [4.78, 5) is 34.5. The third kappa shape index (κ3) is 4.31. The zero-order chi connectivity index (χ0) is 17.9. The van der Waals surface area contributed by atoms with Crippen LogP contribution in [0.25, 0.3) is 11.2 Å². The Balaban J connectivity index is 2.16. The lowest BCUT2D eigenvalue weighted by atomic mass is 10.1. The summed E-state index contributed by atoms with van der Waals surface area (Å²) in [6, 6.07) is 0. The molecule has 2 heterocycles. The highest BCUT2D eigenvalue weighted by molar-refractivity contribution is 6.33. The van der Waals surface area contributed by atoms with Gasteiger partial charge in [-0.25, -0.2) is 4.98 Å². The molecule has 2 atom stereocenters. The van der Waals surface area contributed by atoms with Crippen LogP contribution in [0, 0.1) is 0 Å². The van der Waals surface area contributed by atoms with Crippen LogP contribution >= 0.6 is 11.6 Å². The maximum Gasteiger partial charge on any atom is 0.303 e. The number of nitrogens with two attached hydrogens (primary N) is 1. The summed E-state index contributed by atoms with van der Waals surface area (Å²) >= 11 is 5.98. The SMILES string of the molecule is CC(=O)OC(C)C(CCn1cnc2c(Cl)nc(N)nc21)OC(C)=O. The molecule has 0 saturated carbocycles. The van der Waals surface area contributed by atoms with E-state index in [4.69, 9.17) is 26.8 Å². The van der Waals surface area contributed by atoms with Gasteiger partial charge in [0.2, 0.25) is 5.95 Å². The Kier molecular flexibility index (Phi) is 5.55. The number of rotatable bonds is 6. The number of carbonyl (C=O) groups is 2. The molecule has 9 nitrogen and oxygen atoms in total. The average Bonchev–Trinajstić information content (AvgIpc) is 2.85. The molecule has 0 saturated heterocycles. The number of ether oxygens (including phenoxy) is 2. The van der Waals surface area contributed by atoms with Gasteiger partial charge in [0.05, 0.1) is 6.33 Å². The van der Waals surface area contributed by atoms with E-state index in [1.165, 1.54) is 13.8 Å². The molecule has 0 aliphatic carbocycles. The standard InChI is InChI=1S/C14H18ClN5O4/c1-7(23-8(2)21)10(24-9(3)22)4-5-20-6-17-11-12(15)18-14(16)19-13(11)20/h6-7,10H,4-5H2,1-3H3,(H2,16,18,19). The van der Waals surface area contributed by atoms with Crippen molar-refractivity contribution in [1.82, 2.24) is 19.5 Å². The number of aromatic nitrogens is 4. The molecule has 10 heteroatoms. The van der Waals surface area contributed by atoms with Gasteiger partial charge in [0, 0.05) is 26.8 Å². The van der Waals surface area contributed by atoms with Crippen LogP contribution in [0.1, 0.15) is 27.2 Å². The van der Waals surface area contributed by atoms with Gasteiger partial charge in [-0.15, -0.1) is 0 Å². The van der Waals surface area contributed by atoms with Crippen LogP contribution in [0.2, 0.25) is 5.15 Å². The number of carbonyl (C=O) groups excluding carboxylic acids is 2. The Morgan fingerprint density at radius 1 is 1.29 bits per heavy atom. The molecule has 0 bridgehead atoms. The van der Waals surface area contributed by atoms with E-state index in [-0.39, 0.29) is 11.1 Å². The van der Waals surface area contributed by atoms with Gasteiger partial charge in [0.1, 0.15) is 17.7 Å². The van der Waals surface area contributed by atoms with E-state index in [1.807, 2.05) is 0 Å². The van der Waals surface area contributed by atoms with Crippen molar-refractivity contribution in [2.75, 3.05) is 5.73 Å². The lowest BCUT2D eigenvalue weighted by Gasteiger charge is -2.23. The molecular weight excluding hydrogens is 338 g/mol. The first-order valence-electron chi connectivity index (χ1n) is 7.26. The Hall–Kier alpha value is -2.42. The number of nitrogen functional groups attached to an aromatic ring is 1. The van der Waals surface area contributed by atoms with E-state index in [0.29, 0.717) is 24.1 Å². The summed E-state index contributed by atoms with van der Waals surface area (Å²) in [6.07, 6.45) is 0.760. The van der Waals surface area contributed by atoms with Crippen molar-refractivity contribution in [3.8, 4) is 0 Å². The van der Waals surface area contributed by atoms with Crippen LogP contribution in [0.3, 0.4) is 0 Å². The number of hydrogen-bond acceptors (Lipinski definition) is 8. The van der Waals surface area contributed by atoms with Crippen molar-refractivity contribution in [3.63, 3.8) is 0 Å². The Bertz CT molecular complexity index is 763. The first-order chi connectivity index (χ1) is 11.3. The van der Waals surface area contributed by atoms with Crippen molar-refractivity contribution in [3.05, 3.63) is 11.5 Å². The monoisotopic (exact) mass is 355 g/mol. The number of hydrogen-bond donors (Lipinski definition) is 1. The number of anilines is 1. The first kappa shape index (κ1) is 17.9. The van der Waals surface area contributed by atoms with Crippen LogP contribution in [-0.2, 0) is 25.6 Å². The minimum absolute atomic E-state index is 0.0408. The number of imidazole rings is 1. The van der Waals surface area contributed by atoms with E-state index < -0.39 is 24.1 Å². The second-order valence-electron chi connectivity index (χ2n) is 5.23. The largest absolute Gasteiger partial charge is 0.459 e. The van der Waals surface area contributed by atoms with Gasteiger partial charge >= 0.3 is 11.9 Å². The lowest BCUT2D eigenvalue weighted by Crippen LogP contribution is -2.33. The number of nitrogens with zero attached hydrogens (tertiary/aromatic N) is 4. The average molecular weight is 356 g/mol. The minimum atomic E-state index is -0.599. The fourth-order valence-electron chi connectivity index (χ4n) is 2.30. The van der Waals surface area contributed by atoms with Gasteiger partial charge in [-0.1, -0.05) is 11.6 Å². The summed E-state index contributed by atoms with van der Waals surface area (Å²) in [5.74, 6) is -0.858. The van der Waals surface area contributed by atoms with Crippen molar-refractivity contribution >= 4 is 40.7 Å². The van der Waals surface area contributed by atoms with E-state index in [2.05, 4.69) is 15.0 Å². The van der Waals surface area contributed by atoms with E-state index in [9.17, 15) is 9.59 Å². The van der Waals surface area contributed by atoms with Crippen LogP contribution in [0.4, 0.5) is 5.95 Å². The number of aryl methyl sites for hydroxylation is 1. The van der Waals surface area contributed by atoms with Gasteiger partial charge in [-0.3, -0.25) is 9.59 Å². The second kappa shape index (κ2) is 7.43. The molecule has 2 N–H and O–H groups in total. The van der Waals surface area contributed by atoms with Gasteiger partial charge in [0.15, 0.2) is 10.8 Å². The van der Waals surface area contributed by atoms with E-state index in [0.717, 1.165) is 0 Å². The highest BCUT2D eigenvalue weighted by atomic mass is 35.5. The Morgan fingerprint density at radius 3 is 2.58 bits per heavy atom.